The summed E-state index contributed by atoms with van der Waals surface area (Å²) in [6.07, 6.45) is 1.70. The summed E-state index contributed by atoms with van der Waals surface area (Å²) in [6, 6.07) is -0.593. The molecule has 0 saturated heterocycles. The van der Waals surface area contributed by atoms with Gasteiger partial charge in [0.25, 0.3) is 5.91 Å². The van der Waals surface area contributed by atoms with Crippen LogP contribution in [0.1, 0.15) is 47.0 Å². The number of hydrogen-bond donors (Lipinski definition) is 2. The van der Waals surface area contributed by atoms with E-state index in [2.05, 4.69) is 10.6 Å². The predicted octanol–water partition coefficient (Wildman–Crippen LogP) is 1.34. The fourth-order valence-electron chi connectivity index (χ4n) is 1.55. The molecule has 19 heavy (non-hydrogen) atoms. The number of imide groups is 1. The summed E-state index contributed by atoms with van der Waals surface area (Å²) in [6.45, 7) is 6.86. The van der Waals surface area contributed by atoms with Gasteiger partial charge < -0.3 is 10.1 Å². The Morgan fingerprint density at radius 2 is 1.79 bits per heavy atom. The lowest BCUT2D eigenvalue weighted by molar-refractivity contribution is -0.160. The van der Waals surface area contributed by atoms with Crippen LogP contribution in [-0.2, 0) is 14.3 Å². The van der Waals surface area contributed by atoms with Gasteiger partial charge in [-0.25, -0.2) is 4.79 Å². The van der Waals surface area contributed by atoms with Crippen molar-refractivity contribution in [3.63, 3.8) is 0 Å². The highest BCUT2D eigenvalue weighted by atomic mass is 16.5. The van der Waals surface area contributed by atoms with Crippen LogP contribution in [0, 0.1) is 5.92 Å². The Labute approximate surface area is 113 Å². The number of hydrogen-bond acceptors (Lipinski definition) is 4. The molecule has 1 fully saturated rings. The van der Waals surface area contributed by atoms with Gasteiger partial charge in [-0.05, 0) is 40.5 Å². The van der Waals surface area contributed by atoms with Crippen LogP contribution in [-0.4, -0.2) is 29.6 Å². The molecule has 6 heteroatoms. The largest absolute Gasteiger partial charge is 0.452 e. The van der Waals surface area contributed by atoms with E-state index in [9.17, 15) is 14.4 Å². The molecule has 1 aliphatic rings. The summed E-state index contributed by atoms with van der Waals surface area (Å²) in [5.41, 5.74) is -0.434. The summed E-state index contributed by atoms with van der Waals surface area (Å²) in [5.74, 6) is -1.06. The zero-order valence-corrected chi connectivity index (χ0v) is 11.9. The summed E-state index contributed by atoms with van der Waals surface area (Å²) >= 11 is 0. The van der Waals surface area contributed by atoms with Crippen molar-refractivity contribution >= 4 is 17.9 Å². The van der Waals surface area contributed by atoms with E-state index in [4.69, 9.17) is 4.74 Å². The van der Waals surface area contributed by atoms with E-state index in [1.165, 1.54) is 6.92 Å². The highest BCUT2D eigenvalue weighted by Gasteiger charge is 2.30. The molecule has 0 heterocycles. The van der Waals surface area contributed by atoms with Gasteiger partial charge in [0, 0.05) is 5.54 Å². The molecule has 0 aromatic carbocycles. The molecule has 1 atom stereocenters. The van der Waals surface area contributed by atoms with Gasteiger partial charge in [0.1, 0.15) is 0 Å². The van der Waals surface area contributed by atoms with Gasteiger partial charge in [-0.1, -0.05) is 6.42 Å². The lowest BCUT2D eigenvalue weighted by Gasteiger charge is -2.25. The Balaban J connectivity index is 2.35. The molecule has 6 nitrogen and oxygen atoms in total. The maximum Gasteiger partial charge on any atom is 0.321 e. The summed E-state index contributed by atoms with van der Waals surface area (Å²) in [5, 5.41) is 4.74. The monoisotopic (exact) mass is 270 g/mol. The maximum atomic E-state index is 11.7. The average molecular weight is 270 g/mol. The van der Waals surface area contributed by atoms with Gasteiger partial charge in [0.05, 0.1) is 5.92 Å². The van der Waals surface area contributed by atoms with E-state index >= 15 is 0 Å². The minimum atomic E-state index is -0.959. The van der Waals surface area contributed by atoms with E-state index in [1.54, 1.807) is 20.8 Å². The van der Waals surface area contributed by atoms with E-state index in [0.29, 0.717) is 0 Å². The molecule has 3 amide bonds. The van der Waals surface area contributed by atoms with E-state index in [1.807, 2.05) is 0 Å². The molecular weight excluding hydrogens is 248 g/mol. The predicted molar refractivity (Wildman–Crippen MR) is 69.3 cm³/mol. The molecular formula is C13H22N2O4. The lowest BCUT2D eigenvalue weighted by atomic mass is 9.86. The van der Waals surface area contributed by atoms with Gasteiger partial charge in [-0.2, -0.15) is 0 Å². The fourth-order valence-corrected chi connectivity index (χ4v) is 1.55. The van der Waals surface area contributed by atoms with Gasteiger partial charge in [-0.15, -0.1) is 0 Å². The number of carbonyl (C=O) groups is 3. The first-order valence-corrected chi connectivity index (χ1v) is 6.52. The second-order valence-corrected chi connectivity index (χ2v) is 5.90. The highest BCUT2D eigenvalue weighted by Crippen LogP contribution is 2.27. The summed E-state index contributed by atoms with van der Waals surface area (Å²) < 4.78 is 5.02. The Hall–Kier alpha value is -1.59. The summed E-state index contributed by atoms with van der Waals surface area (Å²) in [4.78, 5) is 34.7. The second kappa shape index (κ2) is 6.04. The van der Waals surface area contributed by atoms with Crippen molar-refractivity contribution < 1.29 is 19.1 Å². The number of ether oxygens (including phenoxy) is 1. The summed E-state index contributed by atoms with van der Waals surface area (Å²) in [7, 11) is 0. The molecule has 1 aliphatic carbocycles. The minimum Gasteiger partial charge on any atom is -0.452 e. The third-order valence-corrected chi connectivity index (χ3v) is 2.83. The van der Waals surface area contributed by atoms with E-state index in [0.717, 1.165) is 19.3 Å². The number of carbonyl (C=O) groups excluding carboxylic acids is 3. The molecule has 0 bridgehead atoms. The first-order chi connectivity index (χ1) is 8.69. The average Bonchev–Trinajstić information content (AvgIpc) is 2.10. The molecule has 0 aromatic heterocycles. The van der Waals surface area contributed by atoms with Gasteiger partial charge >= 0.3 is 12.0 Å². The molecule has 0 aromatic rings. The van der Waals surface area contributed by atoms with Crippen LogP contribution in [0.2, 0.25) is 0 Å². The number of nitrogens with one attached hydrogen (secondary N) is 2. The van der Waals surface area contributed by atoms with Gasteiger partial charge in [0.15, 0.2) is 6.10 Å². The molecule has 108 valence electrons. The molecule has 1 rings (SSSR count). The third-order valence-electron chi connectivity index (χ3n) is 2.83. The first-order valence-electron chi connectivity index (χ1n) is 6.52. The van der Waals surface area contributed by atoms with Crippen LogP contribution in [0.4, 0.5) is 4.79 Å². The normalized spacial score (nSPS) is 17.1. The Morgan fingerprint density at radius 3 is 2.21 bits per heavy atom. The minimum absolute atomic E-state index is 0.0846. The van der Waals surface area contributed by atoms with Crippen molar-refractivity contribution in [3.05, 3.63) is 0 Å². The molecule has 0 spiro atoms. The zero-order chi connectivity index (χ0) is 14.6. The van der Waals surface area contributed by atoms with E-state index < -0.39 is 23.6 Å². The van der Waals surface area contributed by atoms with Crippen LogP contribution in [0.3, 0.4) is 0 Å². The topological polar surface area (TPSA) is 84.5 Å². The highest BCUT2D eigenvalue weighted by molar-refractivity contribution is 5.97. The van der Waals surface area contributed by atoms with Crippen molar-refractivity contribution in [2.45, 2.75) is 58.6 Å². The van der Waals surface area contributed by atoms with Crippen LogP contribution in [0.5, 0.6) is 0 Å². The maximum absolute atomic E-state index is 11.7. The standard InChI is InChI=1S/C13H22N2O4/c1-8(19-11(17)9-6-5-7-9)10(16)14-12(18)15-13(2,3)4/h8-9H,5-7H2,1-4H3,(H2,14,15,16,18). The number of rotatable bonds is 3. The van der Waals surface area contributed by atoms with Gasteiger partial charge in [0.2, 0.25) is 0 Å². The first kappa shape index (κ1) is 15.5. The Morgan fingerprint density at radius 1 is 1.21 bits per heavy atom. The quantitative estimate of drug-likeness (QED) is 0.758. The number of esters is 1. The molecule has 0 radical (unpaired) electrons. The van der Waals surface area contributed by atoms with Crippen LogP contribution < -0.4 is 10.6 Å². The SMILES string of the molecule is CC(OC(=O)C1CCC1)C(=O)NC(=O)NC(C)(C)C. The van der Waals surface area contributed by atoms with Crippen molar-refractivity contribution in [2.75, 3.05) is 0 Å². The van der Waals surface area contributed by atoms with Crippen molar-refractivity contribution in [1.82, 2.24) is 10.6 Å². The van der Waals surface area contributed by atoms with Crippen LogP contribution in [0.15, 0.2) is 0 Å². The van der Waals surface area contributed by atoms with Crippen LogP contribution >= 0.6 is 0 Å². The van der Waals surface area contributed by atoms with Crippen molar-refractivity contribution in [3.8, 4) is 0 Å². The smallest absolute Gasteiger partial charge is 0.321 e. The zero-order valence-electron chi connectivity index (χ0n) is 11.9. The van der Waals surface area contributed by atoms with Crippen molar-refractivity contribution in [1.29, 1.82) is 0 Å². The Kier molecular flexibility index (Phi) is 4.91. The van der Waals surface area contributed by atoms with Crippen LogP contribution in [0.25, 0.3) is 0 Å². The van der Waals surface area contributed by atoms with E-state index in [-0.39, 0.29) is 11.9 Å². The second-order valence-electron chi connectivity index (χ2n) is 5.90. The molecule has 1 unspecified atom stereocenters. The van der Waals surface area contributed by atoms with Gasteiger partial charge in [-0.3, -0.25) is 14.9 Å². The fraction of sp³-hybridized carbons (Fsp3) is 0.769. The third kappa shape index (κ3) is 5.28. The number of amides is 3. The lowest BCUT2D eigenvalue weighted by Crippen LogP contribution is -2.50. The molecule has 2 N–H and O–H groups in total. The Bertz CT molecular complexity index is 369. The molecule has 1 saturated carbocycles. The van der Waals surface area contributed by atoms with Crippen molar-refractivity contribution in [2.24, 2.45) is 5.92 Å². The number of urea groups is 1. The molecule has 0 aliphatic heterocycles.